The van der Waals surface area contributed by atoms with Crippen LogP contribution >= 0.6 is 0 Å². The lowest BCUT2D eigenvalue weighted by atomic mass is 9.99. The fourth-order valence-corrected chi connectivity index (χ4v) is 6.74. The van der Waals surface area contributed by atoms with Crippen LogP contribution in [0.3, 0.4) is 0 Å². The normalized spacial score (nSPS) is 11.6. The van der Waals surface area contributed by atoms with Gasteiger partial charge in [0.05, 0.1) is 22.4 Å². The SMILES string of the molecule is Cn1c(=O)n(C)c2cc(-c3cccc(-c4cc(-c5ccc(-c6ccc7oc8ccccc8c7c6)cc5)nc(-c5ccccc5)n4)c3)ccc21. The Morgan fingerprint density at radius 2 is 1.04 bits per heavy atom. The molecular weight excluding hydrogens is 604 g/mol. The molecule has 9 aromatic rings. The van der Waals surface area contributed by atoms with E-state index < -0.39 is 0 Å². The van der Waals surface area contributed by atoms with Crippen LogP contribution in [0.5, 0.6) is 0 Å². The van der Waals surface area contributed by atoms with Gasteiger partial charge in [-0.25, -0.2) is 14.8 Å². The largest absolute Gasteiger partial charge is 0.456 e. The molecule has 0 bridgehead atoms. The molecule has 0 aliphatic rings. The third-order valence-corrected chi connectivity index (χ3v) is 9.41. The van der Waals surface area contributed by atoms with Gasteiger partial charge in [-0.3, -0.25) is 9.13 Å². The predicted octanol–water partition coefficient (Wildman–Crippen LogP) is 9.90. The van der Waals surface area contributed by atoms with E-state index in [-0.39, 0.29) is 5.69 Å². The molecule has 0 unspecified atom stereocenters. The highest BCUT2D eigenvalue weighted by molar-refractivity contribution is 6.06. The van der Waals surface area contributed by atoms with Gasteiger partial charge >= 0.3 is 5.69 Å². The molecule has 234 valence electrons. The highest BCUT2D eigenvalue weighted by Crippen LogP contribution is 2.35. The van der Waals surface area contributed by atoms with E-state index in [1.165, 1.54) is 0 Å². The molecule has 0 fully saturated rings. The summed E-state index contributed by atoms with van der Waals surface area (Å²) in [5.41, 5.74) is 12.5. The Kier molecular flexibility index (Phi) is 6.62. The molecule has 6 heteroatoms. The van der Waals surface area contributed by atoms with Gasteiger partial charge in [-0.1, -0.05) is 103 Å². The number of aryl methyl sites for hydroxylation is 2. The molecule has 0 N–H and O–H groups in total. The maximum absolute atomic E-state index is 12.6. The van der Waals surface area contributed by atoms with Gasteiger partial charge in [-0.05, 0) is 64.7 Å². The lowest BCUT2D eigenvalue weighted by molar-refractivity contribution is 0.669. The molecule has 3 heterocycles. The van der Waals surface area contributed by atoms with Crippen molar-refractivity contribution in [1.82, 2.24) is 19.1 Å². The number of para-hydroxylation sites is 1. The van der Waals surface area contributed by atoms with Crippen LogP contribution in [0.4, 0.5) is 0 Å². The Balaban J connectivity index is 1.11. The van der Waals surface area contributed by atoms with Crippen LogP contribution in [0, 0.1) is 0 Å². The van der Waals surface area contributed by atoms with Crippen LogP contribution in [0.2, 0.25) is 0 Å². The van der Waals surface area contributed by atoms with Crippen molar-refractivity contribution in [2.45, 2.75) is 0 Å². The van der Waals surface area contributed by atoms with E-state index in [9.17, 15) is 4.79 Å². The molecule has 0 radical (unpaired) electrons. The van der Waals surface area contributed by atoms with E-state index in [1.54, 1.807) is 16.2 Å². The number of furan rings is 1. The molecule has 6 nitrogen and oxygen atoms in total. The molecule has 0 spiro atoms. The summed E-state index contributed by atoms with van der Waals surface area (Å²) in [6, 6.07) is 49.8. The smallest absolute Gasteiger partial charge is 0.328 e. The highest BCUT2D eigenvalue weighted by Gasteiger charge is 2.14. The number of hydrogen-bond donors (Lipinski definition) is 0. The minimum atomic E-state index is -0.0384. The summed E-state index contributed by atoms with van der Waals surface area (Å²) in [5, 5.41) is 2.23. The summed E-state index contributed by atoms with van der Waals surface area (Å²) in [5.74, 6) is 0.667. The number of nitrogens with zero attached hydrogens (tertiary/aromatic N) is 4. The fourth-order valence-electron chi connectivity index (χ4n) is 6.74. The van der Waals surface area contributed by atoms with Crippen molar-refractivity contribution in [1.29, 1.82) is 0 Å². The quantitative estimate of drug-likeness (QED) is 0.189. The summed E-state index contributed by atoms with van der Waals surface area (Å²) in [6.07, 6.45) is 0. The number of aromatic nitrogens is 4. The third kappa shape index (κ3) is 4.93. The van der Waals surface area contributed by atoms with E-state index in [0.717, 1.165) is 83.3 Å². The molecule has 0 amide bonds. The lowest BCUT2D eigenvalue weighted by Crippen LogP contribution is -2.19. The molecule has 49 heavy (non-hydrogen) atoms. The van der Waals surface area contributed by atoms with Crippen molar-refractivity contribution in [3.05, 3.63) is 156 Å². The van der Waals surface area contributed by atoms with Gasteiger partial charge in [0.25, 0.3) is 0 Å². The second-order valence-corrected chi connectivity index (χ2v) is 12.4. The first-order valence-corrected chi connectivity index (χ1v) is 16.2. The molecular formula is C43H30N4O2. The average molecular weight is 635 g/mol. The topological polar surface area (TPSA) is 65.8 Å². The fraction of sp³-hybridized carbons (Fsp3) is 0.0465. The molecule has 0 saturated heterocycles. The van der Waals surface area contributed by atoms with Crippen molar-refractivity contribution in [2.75, 3.05) is 0 Å². The van der Waals surface area contributed by atoms with E-state index >= 15 is 0 Å². The molecule has 3 aromatic heterocycles. The van der Waals surface area contributed by atoms with Crippen LogP contribution in [-0.2, 0) is 14.1 Å². The minimum Gasteiger partial charge on any atom is -0.456 e. The van der Waals surface area contributed by atoms with Crippen LogP contribution in [-0.4, -0.2) is 19.1 Å². The number of hydrogen-bond acceptors (Lipinski definition) is 4. The van der Waals surface area contributed by atoms with E-state index in [1.807, 2.05) is 61.6 Å². The predicted molar refractivity (Wildman–Crippen MR) is 198 cm³/mol. The van der Waals surface area contributed by atoms with Gasteiger partial charge < -0.3 is 4.42 Å². The van der Waals surface area contributed by atoms with Crippen molar-refractivity contribution in [3.8, 4) is 56.2 Å². The number of fused-ring (bicyclic) bond motifs is 4. The second-order valence-electron chi connectivity index (χ2n) is 12.4. The first-order chi connectivity index (χ1) is 24.0. The lowest BCUT2D eigenvalue weighted by Gasteiger charge is -2.11. The summed E-state index contributed by atoms with van der Waals surface area (Å²) < 4.78 is 9.41. The maximum atomic E-state index is 12.6. The van der Waals surface area contributed by atoms with Gasteiger partial charge in [0, 0.05) is 41.6 Å². The molecule has 0 aliphatic carbocycles. The Morgan fingerprint density at radius 3 is 1.88 bits per heavy atom. The van der Waals surface area contributed by atoms with Crippen molar-refractivity contribution >= 4 is 33.0 Å². The summed E-state index contributed by atoms with van der Waals surface area (Å²) in [7, 11) is 3.61. The van der Waals surface area contributed by atoms with Gasteiger partial charge in [0.2, 0.25) is 0 Å². The van der Waals surface area contributed by atoms with E-state index in [0.29, 0.717) is 5.82 Å². The summed E-state index contributed by atoms with van der Waals surface area (Å²) in [4.78, 5) is 22.7. The summed E-state index contributed by atoms with van der Waals surface area (Å²) >= 11 is 0. The standard InChI is InChI=1S/C43H30N4O2/c1-46-38-21-19-32(25-39(38)47(2)43(46)48)30-11-8-12-33(23-30)37-26-36(44-42(45-37)29-9-4-3-5-10-29)28-17-15-27(16-18-28)31-20-22-41-35(24-31)34-13-6-7-14-40(34)49-41/h3-26H,1-2H3. The number of imidazole rings is 1. The monoisotopic (exact) mass is 634 g/mol. The molecule has 0 aliphatic heterocycles. The van der Waals surface area contributed by atoms with Crippen molar-refractivity contribution < 1.29 is 4.42 Å². The maximum Gasteiger partial charge on any atom is 0.328 e. The summed E-state index contributed by atoms with van der Waals surface area (Å²) in [6.45, 7) is 0. The van der Waals surface area contributed by atoms with E-state index in [2.05, 4.69) is 91.0 Å². The van der Waals surface area contributed by atoms with Crippen LogP contribution < -0.4 is 5.69 Å². The first-order valence-electron chi connectivity index (χ1n) is 16.2. The molecule has 0 saturated carbocycles. The van der Waals surface area contributed by atoms with Crippen LogP contribution in [0.25, 0.3) is 89.1 Å². The second kappa shape index (κ2) is 11.3. The van der Waals surface area contributed by atoms with Gasteiger partial charge in [0.15, 0.2) is 5.82 Å². The van der Waals surface area contributed by atoms with Gasteiger partial charge in [0.1, 0.15) is 11.2 Å². The average Bonchev–Trinajstić information content (AvgIpc) is 3.64. The first kappa shape index (κ1) is 28.7. The Bertz CT molecular complexity index is 2750. The molecule has 6 aromatic carbocycles. The Hall–Kier alpha value is -6.53. The van der Waals surface area contributed by atoms with Crippen molar-refractivity contribution in [2.24, 2.45) is 14.1 Å². The Labute approximate surface area is 282 Å². The highest BCUT2D eigenvalue weighted by atomic mass is 16.3. The van der Waals surface area contributed by atoms with Gasteiger partial charge in [-0.15, -0.1) is 0 Å². The van der Waals surface area contributed by atoms with E-state index in [4.69, 9.17) is 14.4 Å². The number of benzene rings is 6. The minimum absolute atomic E-state index is 0.0384. The van der Waals surface area contributed by atoms with Crippen LogP contribution in [0.1, 0.15) is 0 Å². The Morgan fingerprint density at radius 1 is 0.449 bits per heavy atom. The zero-order valence-electron chi connectivity index (χ0n) is 27.0. The zero-order chi connectivity index (χ0) is 33.1. The molecule has 0 atom stereocenters. The van der Waals surface area contributed by atoms with Gasteiger partial charge in [-0.2, -0.15) is 0 Å². The number of rotatable bonds is 5. The van der Waals surface area contributed by atoms with Crippen molar-refractivity contribution in [3.63, 3.8) is 0 Å². The molecule has 9 rings (SSSR count). The van der Waals surface area contributed by atoms with Crippen LogP contribution in [0.15, 0.2) is 155 Å². The zero-order valence-corrected chi connectivity index (χ0v) is 27.0. The third-order valence-electron chi connectivity index (χ3n) is 9.41.